The number of aromatic amines is 1. The maximum absolute atomic E-state index is 11.8. The SMILES string of the molecule is CC(C)c1cc(=O)[nH]c(C2CN(C)CCCN2C)n1. The second kappa shape index (κ2) is 5.84. The summed E-state index contributed by atoms with van der Waals surface area (Å²) in [6.45, 7) is 7.16. The van der Waals surface area contributed by atoms with E-state index in [-0.39, 0.29) is 17.5 Å². The molecule has 2 heterocycles. The molecule has 1 saturated heterocycles. The first kappa shape index (κ1) is 14.2. The van der Waals surface area contributed by atoms with Crippen molar-refractivity contribution in [3.8, 4) is 0 Å². The monoisotopic (exact) mass is 264 g/mol. The predicted octanol–water partition coefficient (Wildman–Crippen LogP) is 1.20. The summed E-state index contributed by atoms with van der Waals surface area (Å²) >= 11 is 0. The Morgan fingerprint density at radius 3 is 2.79 bits per heavy atom. The van der Waals surface area contributed by atoms with Gasteiger partial charge in [0.1, 0.15) is 5.82 Å². The van der Waals surface area contributed by atoms with Crippen LogP contribution in [-0.2, 0) is 0 Å². The fraction of sp³-hybridized carbons (Fsp3) is 0.714. The molecule has 1 unspecified atom stereocenters. The summed E-state index contributed by atoms with van der Waals surface area (Å²) in [5.74, 6) is 1.07. The largest absolute Gasteiger partial charge is 0.309 e. The zero-order chi connectivity index (χ0) is 14.0. The Balaban J connectivity index is 2.35. The molecule has 106 valence electrons. The third kappa shape index (κ3) is 3.42. The van der Waals surface area contributed by atoms with Gasteiger partial charge in [0.15, 0.2) is 0 Å². The topological polar surface area (TPSA) is 52.2 Å². The van der Waals surface area contributed by atoms with Crippen LogP contribution in [0.5, 0.6) is 0 Å². The van der Waals surface area contributed by atoms with E-state index in [1.54, 1.807) is 6.07 Å². The first-order chi connectivity index (χ1) is 8.97. The normalized spacial score (nSPS) is 22.7. The van der Waals surface area contributed by atoms with Crippen LogP contribution in [0.1, 0.15) is 43.7 Å². The molecule has 2 rings (SSSR count). The van der Waals surface area contributed by atoms with Gasteiger partial charge in [-0.05, 0) is 39.5 Å². The molecule has 1 aliphatic heterocycles. The van der Waals surface area contributed by atoms with Crippen molar-refractivity contribution in [1.82, 2.24) is 19.8 Å². The van der Waals surface area contributed by atoms with Crippen LogP contribution in [0.2, 0.25) is 0 Å². The van der Waals surface area contributed by atoms with Gasteiger partial charge in [-0.15, -0.1) is 0 Å². The minimum Gasteiger partial charge on any atom is -0.309 e. The molecule has 5 heteroatoms. The highest BCUT2D eigenvalue weighted by molar-refractivity contribution is 5.09. The number of aromatic nitrogens is 2. The van der Waals surface area contributed by atoms with Crippen molar-refractivity contribution in [3.05, 3.63) is 27.9 Å². The molecule has 0 spiro atoms. The quantitative estimate of drug-likeness (QED) is 0.872. The van der Waals surface area contributed by atoms with Gasteiger partial charge in [-0.25, -0.2) is 4.98 Å². The first-order valence-electron chi connectivity index (χ1n) is 6.97. The van der Waals surface area contributed by atoms with Gasteiger partial charge in [0.05, 0.1) is 11.7 Å². The van der Waals surface area contributed by atoms with Gasteiger partial charge >= 0.3 is 0 Å². The molecule has 0 aromatic carbocycles. The summed E-state index contributed by atoms with van der Waals surface area (Å²) in [6.07, 6.45) is 1.15. The fourth-order valence-corrected chi connectivity index (χ4v) is 2.52. The Kier molecular flexibility index (Phi) is 4.37. The number of rotatable bonds is 2. The van der Waals surface area contributed by atoms with Gasteiger partial charge in [0.25, 0.3) is 5.56 Å². The summed E-state index contributed by atoms with van der Waals surface area (Å²) in [7, 11) is 4.22. The van der Waals surface area contributed by atoms with E-state index in [0.29, 0.717) is 0 Å². The molecule has 1 fully saturated rings. The smallest absolute Gasteiger partial charge is 0.251 e. The van der Waals surface area contributed by atoms with Crippen LogP contribution in [-0.4, -0.2) is 53.5 Å². The average Bonchev–Trinajstić information content (AvgIpc) is 2.50. The minimum atomic E-state index is -0.0472. The molecule has 1 aromatic rings. The Bertz CT molecular complexity index is 483. The summed E-state index contributed by atoms with van der Waals surface area (Å²) in [5.41, 5.74) is 0.827. The highest BCUT2D eigenvalue weighted by Crippen LogP contribution is 2.20. The molecule has 0 radical (unpaired) electrons. The Morgan fingerprint density at radius 2 is 2.11 bits per heavy atom. The lowest BCUT2D eigenvalue weighted by Crippen LogP contribution is -2.33. The molecular formula is C14H24N4O. The van der Waals surface area contributed by atoms with E-state index in [1.165, 1.54) is 0 Å². The third-order valence-electron chi connectivity index (χ3n) is 3.75. The van der Waals surface area contributed by atoms with Gasteiger partial charge in [-0.3, -0.25) is 9.69 Å². The number of hydrogen-bond acceptors (Lipinski definition) is 4. The molecule has 0 bridgehead atoms. The van der Waals surface area contributed by atoms with E-state index in [0.717, 1.165) is 37.6 Å². The van der Waals surface area contributed by atoms with Crippen LogP contribution in [0, 0.1) is 0 Å². The lowest BCUT2D eigenvalue weighted by molar-refractivity contribution is 0.219. The summed E-state index contributed by atoms with van der Waals surface area (Å²) < 4.78 is 0. The lowest BCUT2D eigenvalue weighted by atomic mass is 10.1. The van der Waals surface area contributed by atoms with E-state index in [2.05, 4.69) is 47.7 Å². The highest BCUT2D eigenvalue weighted by atomic mass is 16.1. The molecule has 0 saturated carbocycles. The van der Waals surface area contributed by atoms with E-state index >= 15 is 0 Å². The fourth-order valence-electron chi connectivity index (χ4n) is 2.52. The van der Waals surface area contributed by atoms with E-state index in [9.17, 15) is 4.79 Å². The standard InChI is InChI=1S/C14H24N4O/c1-10(2)11-8-13(19)16-14(15-11)12-9-17(3)6-5-7-18(12)4/h8,10,12H,5-7,9H2,1-4H3,(H,15,16,19). The molecule has 0 amide bonds. The lowest BCUT2D eigenvalue weighted by Gasteiger charge is -2.26. The maximum Gasteiger partial charge on any atom is 0.251 e. The molecule has 1 aliphatic rings. The molecule has 0 aliphatic carbocycles. The predicted molar refractivity (Wildman–Crippen MR) is 76.4 cm³/mol. The summed E-state index contributed by atoms with van der Waals surface area (Å²) in [5, 5.41) is 0. The van der Waals surface area contributed by atoms with Crippen molar-refractivity contribution in [2.45, 2.75) is 32.2 Å². The Labute approximate surface area is 114 Å². The molecular weight excluding hydrogens is 240 g/mol. The van der Waals surface area contributed by atoms with Gasteiger partial charge < -0.3 is 9.88 Å². The van der Waals surface area contributed by atoms with Crippen LogP contribution in [0.15, 0.2) is 10.9 Å². The van der Waals surface area contributed by atoms with Crippen LogP contribution in [0.3, 0.4) is 0 Å². The van der Waals surface area contributed by atoms with Crippen molar-refractivity contribution in [2.75, 3.05) is 33.7 Å². The van der Waals surface area contributed by atoms with Gasteiger partial charge in [0.2, 0.25) is 0 Å². The Morgan fingerprint density at radius 1 is 1.37 bits per heavy atom. The zero-order valence-corrected chi connectivity index (χ0v) is 12.3. The van der Waals surface area contributed by atoms with Crippen LogP contribution in [0.25, 0.3) is 0 Å². The molecule has 1 aromatic heterocycles. The van der Waals surface area contributed by atoms with Crippen LogP contribution >= 0.6 is 0 Å². The molecule has 1 N–H and O–H groups in total. The van der Waals surface area contributed by atoms with E-state index in [1.807, 2.05) is 0 Å². The van der Waals surface area contributed by atoms with Crippen molar-refractivity contribution < 1.29 is 0 Å². The van der Waals surface area contributed by atoms with Crippen molar-refractivity contribution >= 4 is 0 Å². The number of nitrogens with one attached hydrogen (secondary N) is 1. The van der Waals surface area contributed by atoms with Crippen LogP contribution in [0.4, 0.5) is 0 Å². The average molecular weight is 264 g/mol. The van der Waals surface area contributed by atoms with Gasteiger partial charge in [0, 0.05) is 12.6 Å². The number of likely N-dealkylation sites (N-methyl/N-ethyl adjacent to an activating group) is 2. The second-order valence-corrected chi connectivity index (χ2v) is 5.82. The summed E-state index contributed by atoms with van der Waals surface area (Å²) in [6, 6.07) is 1.77. The van der Waals surface area contributed by atoms with Gasteiger partial charge in [-0.2, -0.15) is 0 Å². The first-order valence-corrected chi connectivity index (χ1v) is 6.97. The number of H-pyrrole nitrogens is 1. The van der Waals surface area contributed by atoms with Crippen molar-refractivity contribution in [1.29, 1.82) is 0 Å². The Hall–Kier alpha value is -1.20. The molecule has 5 nitrogen and oxygen atoms in total. The van der Waals surface area contributed by atoms with E-state index < -0.39 is 0 Å². The zero-order valence-electron chi connectivity index (χ0n) is 12.3. The van der Waals surface area contributed by atoms with Crippen LogP contribution < -0.4 is 5.56 Å². The minimum absolute atomic E-state index is 0.0472. The van der Waals surface area contributed by atoms with Crippen molar-refractivity contribution in [3.63, 3.8) is 0 Å². The van der Waals surface area contributed by atoms with E-state index in [4.69, 9.17) is 0 Å². The number of hydrogen-bond donors (Lipinski definition) is 1. The molecule has 19 heavy (non-hydrogen) atoms. The number of nitrogens with zero attached hydrogens (tertiary/aromatic N) is 3. The summed E-state index contributed by atoms with van der Waals surface area (Å²) in [4.78, 5) is 24.0. The van der Waals surface area contributed by atoms with Gasteiger partial charge in [-0.1, -0.05) is 13.8 Å². The highest BCUT2D eigenvalue weighted by Gasteiger charge is 2.24. The maximum atomic E-state index is 11.8. The van der Waals surface area contributed by atoms with Crippen molar-refractivity contribution in [2.24, 2.45) is 0 Å². The second-order valence-electron chi connectivity index (χ2n) is 5.82. The third-order valence-corrected chi connectivity index (χ3v) is 3.75. The molecule has 1 atom stereocenters.